The van der Waals surface area contributed by atoms with Gasteiger partial charge in [-0.1, -0.05) is 41.4 Å². The Morgan fingerprint density at radius 2 is 2.27 bits per heavy atom. The van der Waals surface area contributed by atoms with Gasteiger partial charge in [-0.05, 0) is 30.9 Å². The maximum absolute atomic E-state index is 11.7. The van der Waals surface area contributed by atoms with Gasteiger partial charge in [0.1, 0.15) is 23.5 Å². The van der Waals surface area contributed by atoms with Crippen LogP contribution in [0.5, 0.6) is 5.75 Å². The van der Waals surface area contributed by atoms with Gasteiger partial charge < -0.3 is 15.2 Å². The van der Waals surface area contributed by atoms with Gasteiger partial charge in [-0.15, -0.1) is 0 Å². The highest BCUT2D eigenvalue weighted by Gasteiger charge is 2.15. The van der Waals surface area contributed by atoms with E-state index in [1.165, 1.54) is 0 Å². The van der Waals surface area contributed by atoms with E-state index < -0.39 is 6.10 Å². The second-order valence-corrected chi connectivity index (χ2v) is 6.08. The number of hydrogen-bond acceptors (Lipinski definition) is 3. The molecule has 6 heteroatoms. The minimum atomic E-state index is -0.807. The number of carbonyl (C=O) groups is 1. The van der Waals surface area contributed by atoms with E-state index in [2.05, 4.69) is 17.5 Å². The first-order chi connectivity index (χ1) is 10.6. The molecule has 1 aromatic carbocycles. The van der Waals surface area contributed by atoms with Crippen molar-refractivity contribution in [1.29, 1.82) is 0 Å². The largest absolute Gasteiger partial charge is 0.489 e. The molecule has 2 N–H and O–H groups in total. The minimum Gasteiger partial charge on any atom is -0.489 e. The van der Waals surface area contributed by atoms with Gasteiger partial charge in [0.15, 0.2) is 0 Å². The van der Waals surface area contributed by atoms with Gasteiger partial charge in [0.2, 0.25) is 5.91 Å². The number of amides is 1. The van der Waals surface area contributed by atoms with Crippen LogP contribution in [0.1, 0.15) is 19.3 Å². The maximum atomic E-state index is 11.7. The lowest BCUT2D eigenvalue weighted by Crippen LogP contribution is -2.35. The molecule has 0 aromatic heterocycles. The quantitative estimate of drug-likeness (QED) is 0.747. The van der Waals surface area contributed by atoms with E-state index in [1.54, 1.807) is 18.2 Å². The van der Waals surface area contributed by atoms with Gasteiger partial charge in [-0.25, -0.2) is 0 Å². The molecule has 120 valence electrons. The molecule has 0 bridgehead atoms. The van der Waals surface area contributed by atoms with Crippen molar-refractivity contribution >= 4 is 29.1 Å². The normalized spacial score (nSPS) is 18.2. The van der Waals surface area contributed by atoms with Crippen LogP contribution in [0, 0.1) is 5.92 Å². The van der Waals surface area contributed by atoms with Crippen LogP contribution in [-0.4, -0.2) is 30.3 Å². The molecule has 0 fully saturated rings. The zero-order chi connectivity index (χ0) is 15.9. The Bertz CT molecular complexity index is 548. The first kappa shape index (κ1) is 17.1. The Morgan fingerprint density at radius 3 is 3.00 bits per heavy atom. The highest BCUT2D eigenvalue weighted by Crippen LogP contribution is 2.31. The fraction of sp³-hybridized carbons (Fsp3) is 0.438. The number of ether oxygens (including phenoxy) is 1. The van der Waals surface area contributed by atoms with Gasteiger partial charge in [0, 0.05) is 13.0 Å². The van der Waals surface area contributed by atoms with Gasteiger partial charge in [-0.3, -0.25) is 4.79 Å². The summed E-state index contributed by atoms with van der Waals surface area (Å²) >= 11 is 11.9. The topological polar surface area (TPSA) is 58.6 Å². The lowest BCUT2D eigenvalue weighted by Gasteiger charge is -2.15. The number of rotatable bonds is 7. The van der Waals surface area contributed by atoms with Crippen molar-refractivity contribution in [3.8, 4) is 5.75 Å². The average molecular weight is 344 g/mol. The fourth-order valence-corrected chi connectivity index (χ4v) is 2.59. The standard InChI is InChI=1S/C16H19Cl2NO3/c17-13-6-3-7-14(16(13)18)22-10-12(20)9-19-15(21)8-11-4-1-2-5-11/h1,3-4,6-7,11-12,20H,2,5,8-10H2,(H,19,21). The molecule has 0 heterocycles. The molecule has 2 atom stereocenters. The Kier molecular flexibility index (Phi) is 6.55. The molecular formula is C16H19Cl2NO3. The van der Waals surface area contributed by atoms with Gasteiger partial charge in [0.05, 0.1) is 5.02 Å². The third-order valence-corrected chi connectivity index (χ3v) is 4.24. The molecule has 1 aromatic rings. The van der Waals surface area contributed by atoms with Crippen molar-refractivity contribution in [2.45, 2.75) is 25.4 Å². The highest BCUT2D eigenvalue weighted by molar-refractivity contribution is 6.42. The summed E-state index contributed by atoms with van der Waals surface area (Å²) < 4.78 is 5.42. The molecule has 1 aliphatic rings. The number of allylic oxidation sites excluding steroid dienone is 2. The molecule has 2 rings (SSSR count). The van der Waals surface area contributed by atoms with E-state index >= 15 is 0 Å². The van der Waals surface area contributed by atoms with Crippen LogP contribution in [0.4, 0.5) is 0 Å². The third kappa shape index (κ3) is 5.20. The van der Waals surface area contributed by atoms with E-state index in [0.29, 0.717) is 28.1 Å². The lowest BCUT2D eigenvalue weighted by molar-refractivity contribution is -0.122. The van der Waals surface area contributed by atoms with Crippen molar-refractivity contribution < 1.29 is 14.6 Å². The summed E-state index contributed by atoms with van der Waals surface area (Å²) in [5, 5.41) is 13.3. The molecule has 0 saturated heterocycles. The van der Waals surface area contributed by atoms with Crippen molar-refractivity contribution in [1.82, 2.24) is 5.32 Å². The molecular weight excluding hydrogens is 325 g/mol. The van der Waals surface area contributed by atoms with E-state index in [0.717, 1.165) is 12.8 Å². The monoisotopic (exact) mass is 343 g/mol. The van der Waals surface area contributed by atoms with Crippen LogP contribution in [-0.2, 0) is 4.79 Å². The van der Waals surface area contributed by atoms with Crippen LogP contribution in [0.25, 0.3) is 0 Å². The Hall–Kier alpha value is -1.23. The predicted molar refractivity (Wildman–Crippen MR) is 87.5 cm³/mol. The number of nitrogens with one attached hydrogen (secondary N) is 1. The number of aliphatic hydroxyl groups excluding tert-OH is 1. The van der Waals surface area contributed by atoms with E-state index in [-0.39, 0.29) is 19.1 Å². The SMILES string of the molecule is O=C(CC1C=CCC1)NCC(O)COc1cccc(Cl)c1Cl. The fourth-order valence-electron chi connectivity index (χ4n) is 2.25. The van der Waals surface area contributed by atoms with Crippen molar-refractivity contribution in [3.63, 3.8) is 0 Å². The van der Waals surface area contributed by atoms with E-state index in [9.17, 15) is 9.90 Å². The second kappa shape index (κ2) is 8.42. The van der Waals surface area contributed by atoms with E-state index in [1.807, 2.05) is 0 Å². The molecule has 0 aliphatic heterocycles. The van der Waals surface area contributed by atoms with Crippen LogP contribution in [0.3, 0.4) is 0 Å². The van der Waals surface area contributed by atoms with Crippen LogP contribution in [0.2, 0.25) is 10.0 Å². The summed E-state index contributed by atoms with van der Waals surface area (Å²) in [6.07, 6.45) is 5.87. The molecule has 1 aliphatic carbocycles. The summed E-state index contributed by atoms with van der Waals surface area (Å²) in [6.45, 7) is 0.178. The molecule has 0 saturated carbocycles. The summed E-state index contributed by atoms with van der Waals surface area (Å²) in [5.74, 6) is 0.672. The zero-order valence-corrected chi connectivity index (χ0v) is 13.6. The Balaban J connectivity index is 1.69. The molecule has 22 heavy (non-hydrogen) atoms. The highest BCUT2D eigenvalue weighted by atomic mass is 35.5. The first-order valence-corrected chi connectivity index (χ1v) is 8.00. The van der Waals surface area contributed by atoms with Gasteiger partial charge in [0.25, 0.3) is 0 Å². The number of halogens is 2. The van der Waals surface area contributed by atoms with Gasteiger partial charge in [-0.2, -0.15) is 0 Å². The number of benzene rings is 1. The summed E-state index contributed by atoms with van der Waals surface area (Å²) in [4.78, 5) is 11.7. The smallest absolute Gasteiger partial charge is 0.220 e. The third-order valence-electron chi connectivity index (χ3n) is 3.44. The number of carbonyl (C=O) groups excluding carboxylic acids is 1. The Labute approximate surface area is 140 Å². The average Bonchev–Trinajstić information content (AvgIpc) is 2.99. The number of hydrogen-bond donors (Lipinski definition) is 2. The zero-order valence-electron chi connectivity index (χ0n) is 12.1. The first-order valence-electron chi connectivity index (χ1n) is 7.24. The summed E-state index contributed by atoms with van der Waals surface area (Å²) in [7, 11) is 0. The predicted octanol–water partition coefficient (Wildman–Crippen LogP) is 3.21. The molecule has 0 spiro atoms. The van der Waals surface area contributed by atoms with Crippen molar-refractivity contribution in [3.05, 3.63) is 40.4 Å². The van der Waals surface area contributed by atoms with Crippen molar-refractivity contribution in [2.24, 2.45) is 5.92 Å². The molecule has 4 nitrogen and oxygen atoms in total. The van der Waals surface area contributed by atoms with Crippen LogP contribution >= 0.6 is 23.2 Å². The van der Waals surface area contributed by atoms with Crippen LogP contribution in [0.15, 0.2) is 30.4 Å². The Morgan fingerprint density at radius 1 is 1.45 bits per heavy atom. The lowest BCUT2D eigenvalue weighted by atomic mass is 10.1. The van der Waals surface area contributed by atoms with E-state index in [4.69, 9.17) is 27.9 Å². The van der Waals surface area contributed by atoms with Gasteiger partial charge >= 0.3 is 0 Å². The molecule has 0 radical (unpaired) electrons. The van der Waals surface area contributed by atoms with Crippen LogP contribution < -0.4 is 10.1 Å². The summed E-state index contributed by atoms with van der Waals surface area (Å²) in [6, 6.07) is 5.05. The van der Waals surface area contributed by atoms with Crippen molar-refractivity contribution in [2.75, 3.05) is 13.2 Å². The minimum absolute atomic E-state index is 0.0314. The maximum Gasteiger partial charge on any atom is 0.220 e. The molecule has 2 unspecified atom stereocenters. The molecule has 1 amide bonds. The second-order valence-electron chi connectivity index (χ2n) is 5.29. The number of aliphatic hydroxyl groups is 1. The summed E-state index contributed by atoms with van der Waals surface area (Å²) in [5.41, 5.74) is 0.